The largest absolute Gasteiger partial charge is 0.353 e. The number of hydrogen-bond donors (Lipinski definition) is 1. The quantitative estimate of drug-likeness (QED) is 0.909. The van der Waals surface area contributed by atoms with Gasteiger partial charge in [-0.2, -0.15) is 0 Å². The van der Waals surface area contributed by atoms with Crippen molar-refractivity contribution < 1.29 is 4.79 Å². The first-order chi connectivity index (χ1) is 8.65. The fourth-order valence-corrected chi connectivity index (χ4v) is 2.45. The number of benzene rings is 1. The Kier molecular flexibility index (Phi) is 4.61. The Morgan fingerprint density at radius 2 is 2.06 bits per heavy atom. The van der Waals surface area contributed by atoms with E-state index in [4.69, 9.17) is 11.6 Å². The van der Waals surface area contributed by atoms with Crippen LogP contribution in [0.4, 0.5) is 0 Å². The fourth-order valence-electron chi connectivity index (χ4n) is 2.25. The number of hydrogen-bond acceptors (Lipinski definition) is 2. The van der Waals surface area contributed by atoms with Crippen LogP contribution in [0, 0.1) is 0 Å². The van der Waals surface area contributed by atoms with Gasteiger partial charge in [0.25, 0.3) is 0 Å². The molecular formula is C14H19ClN2O. The molecular weight excluding hydrogens is 248 g/mol. The van der Waals surface area contributed by atoms with E-state index in [1.54, 1.807) is 0 Å². The molecule has 2 rings (SSSR count). The van der Waals surface area contributed by atoms with Crippen LogP contribution in [-0.4, -0.2) is 37.0 Å². The van der Waals surface area contributed by atoms with Gasteiger partial charge in [0, 0.05) is 11.1 Å². The first-order valence-corrected chi connectivity index (χ1v) is 6.74. The minimum atomic E-state index is 0.0673. The summed E-state index contributed by atoms with van der Waals surface area (Å²) in [5, 5.41) is 3.75. The number of carbonyl (C=O) groups excluding carboxylic acids is 1. The molecule has 0 atom stereocenters. The average molecular weight is 267 g/mol. The molecule has 1 heterocycles. The van der Waals surface area contributed by atoms with Crippen LogP contribution in [0.5, 0.6) is 0 Å². The van der Waals surface area contributed by atoms with Crippen molar-refractivity contribution in [1.29, 1.82) is 0 Å². The molecule has 18 heavy (non-hydrogen) atoms. The van der Waals surface area contributed by atoms with Gasteiger partial charge in [-0.05, 0) is 44.6 Å². The van der Waals surface area contributed by atoms with E-state index in [2.05, 4.69) is 17.3 Å². The lowest BCUT2D eigenvalue weighted by Crippen LogP contribution is -2.43. The highest BCUT2D eigenvalue weighted by Gasteiger charge is 2.18. The normalized spacial score (nSPS) is 17.7. The van der Waals surface area contributed by atoms with Gasteiger partial charge in [-0.25, -0.2) is 0 Å². The maximum Gasteiger partial charge on any atom is 0.224 e. The molecule has 0 unspecified atom stereocenters. The molecule has 1 aliphatic rings. The lowest BCUT2D eigenvalue weighted by atomic mass is 10.0. The van der Waals surface area contributed by atoms with Crippen LogP contribution in [-0.2, 0) is 11.2 Å². The van der Waals surface area contributed by atoms with Gasteiger partial charge < -0.3 is 10.2 Å². The molecule has 1 fully saturated rings. The zero-order chi connectivity index (χ0) is 13.0. The summed E-state index contributed by atoms with van der Waals surface area (Å²) in [5.41, 5.74) is 0.893. The molecule has 1 saturated heterocycles. The van der Waals surface area contributed by atoms with Crippen LogP contribution in [0.2, 0.25) is 5.02 Å². The SMILES string of the molecule is CN1CCC(NC(=O)Cc2ccccc2Cl)CC1. The van der Waals surface area contributed by atoms with Gasteiger partial charge in [-0.3, -0.25) is 4.79 Å². The number of likely N-dealkylation sites (tertiary alicyclic amines) is 1. The zero-order valence-corrected chi connectivity index (χ0v) is 11.4. The smallest absolute Gasteiger partial charge is 0.224 e. The number of piperidine rings is 1. The summed E-state index contributed by atoms with van der Waals surface area (Å²) in [4.78, 5) is 14.2. The summed E-state index contributed by atoms with van der Waals surface area (Å²) in [6.07, 6.45) is 2.43. The summed E-state index contributed by atoms with van der Waals surface area (Å²) in [5.74, 6) is 0.0673. The van der Waals surface area contributed by atoms with Gasteiger partial charge in [0.15, 0.2) is 0 Å². The van der Waals surface area contributed by atoms with Crippen LogP contribution in [0.1, 0.15) is 18.4 Å². The summed E-state index contributed by atoms with van der Waals surface area (Å²) < 4.78 is 0. The summed E-state index contributed by atoms with van der Waals surface area (Å²) in [6, 6.07) is 7.82. The van der Waals surface area contributed by atoms with Crippen molar-refractivity contribution >= 4 is 17.5 Å². The topological polar surface area (TPSA) is 32.3 Å². The van der Waals surface area contributed by atoms with E-state index in [0.29, 0.717) is 17.5 Å². The number of amides is 1. The monoisotopic (exact) mass is 266 g/mol. The van der Waals surface area contributed by atoms with Crippen LogP contribution in [0.25, 0.3) is 0 Å². The van der Waals surface area contributed by atoms with E-state index in [-0.39, 0.29) is 5.91 Å². The van der Waals surface area contributed by atoms with E-state index in [1.165, 1.54) is 0 Å². The Labute approximate surface area is 113 Å². The Morgan fingerprint density at radius 3 is 2.72 bits per heavy atom. The Morgan fingerprint density at radius 1 is 1.39 bits per heavy atom. The van der Waals surface area contributed by atoms with Crippen molar-refractivity contribution in [2.45, 2.75) is 25.3 Å². The van der Waals surface area contributed by atoms with Gasteiger partial charge in [-0.15, -0.1) is 0 Å². The van der Waals surface area contributed by atoms with Crippen LogP contribution >= 0.6 is 11.6 Å². The van der Waals surface area contributed by atoms with E-state index in [1.807, 2.05) is 24.3 Å². The predicted molar refractivity (Wildman–Crippen MR) is 73.8 cm³/mol. The fraction of sp³-hybridized carbons (Fsp3) is 0.500. The molecule has 0 saturated carbocycles. The van der Waals surface area contributed by atoms with Crippen molar-refractivity contribution in [1.82, 2.24) is 10.2 Å². The molecule has 1 aliphatic heterocycles. The molecule has 98 valence electrons. The van der Waals surface area contributed by atoms with E-state index in [9.17, 15) is 4.79 Å². The van der Waals surface area contributed by atoms with Crippen LogP contribution in [0.15, 0.2) is 24.3 Å². The van der Waals surface area contributed by atoms with Gasteiger partial charge in [0.05, 0.1) is 6.42 Å². The maximum atomic E-state index is 11.9. The Hall–Kier alpha value is -1.06. The van der Waals surface area contributed by atoms with Crippen molar-refractivity contribution in [2.75, 3.05) is 20.1 Å². The lowest BCUT2D eigenvalue weighted by molar-refractivity contribution is -0.121. The Bertz CT molecular complexity index is 414. The summed E-state index contributed by atoms with van der Waals surface area (Å²) in [7, 11) is 2.11. The third-order valence-electron chi connectivity index (χ3n) is 3.39. The number of rotatable bonds is 3. The molecule has 1 amide bonds. The number of nitrogens with one attached hydrogen (secondary N) is 1. The number of nitrogens with zero attached hydrogens (tertiary/aromatic N) is 1. The molecule has 0 aromatic heterocycles. The summed E-state index contributed by atoms with van der Waals surface area (Å²) in [6.45, 7) is 2.11. The third kappa shape index (κ3) is 3.72. The molecule has 0 radical (unpaired) electrons. The van der Waals surface area contributed by atoms with Crippen molar-refractivity contribution in [3.63, 3.8) is 0 Å². The highest BCUT2D eigenvalue weighted by atomic mass is 35.5. The maximum absolute atomic E-state index is 11.9. The van der Waals surface area contributed by atoms with Gasteiger partial charge in [0.2, 0.25) is 5.91 Å². The van der Waals surface area contributed by atoms with Crippen LogP contribution < -0.4 is 5.32 Å². The molecule has 0 bridgehead atoms. The third-order valence-corrected chi connectivity index (χ3v) is 3.76. The molecule has 4 heteroatoms. The van der Waals surface area contributed by atoms with E-state index in [0.717, 1.165) is 31.5 Å². The second-order valence-electron chi connectivity index (χ2n) is 4.91. The first kappa shape index (κ1) is 13.4. The highest BCUT2D eigenvalue weighted by Crippen LogP contribution is 2.15. The molecule has 1 aromatic carbocycles. The second kappa shape index (κ2) is 6.21. The molecule has 0 spiro atoms. The standard InChI is InChI=1S/C14H19ClN2O/c1-17-8-6-12(7-9-17)16-14(18)10-11-4-2-3-5-13(11)15/h2-5,12H,6-10H2,1H3,(H,16,18). The Balaban J connectivity index is 1.84. The lowest BCUT2D eigenvalue weighted by Gasteiger charge is -2.29. The number of carbonyl (C=O) groups is 1. The van der Waals surface area contributed by atoms with Crippen molar-refractivity contribution in [3.8, 4) is 0 Å². The molecule has 1 N–H and O–H groups in total. The minimum absolute atomic E-state index is 0.0673. The van der Waals surface area contributed by atoms with Crippen LogP contribution in [0.3, 0.4) is 0 Å². The zero-order valence-electron chi connectivity index (χ0n) is 10.7. The van der Waals surface area contributed by atoms with Crippen molar-refractivity contribution in [2.24, 2.45) is 0 Å². The first-order valence-electron chi connectivity index (χ1n) is 6.36. The van der Waals surface area contributed by atoms with Gasteiger partial charge in [-0.1, -0.05) is 29.8 Å². The van der Waals surface area contributed by atoms with E-state index >= 15 is 0 Å². The number of halogens is 1. The molecule has 3 nitrogen and oxygen atoms in total. The second-order valence-corrected chi connectivity index (χ2v) is 5.32. The average Bonchev–Trinajstić information content (AvgIpc) is 2.35. The summed E-state index contributed by atoms with van der Waals surface area (Å²) >= 11 is 6.04. The molecule has 0 aliphatic carbocycles. The predicted octanol–water partition coefficient (Wildman–Crippen LogP) is 2.09. The minimum Gasteiger partial charge on any atom is -0.353 e. The highest BCUT2D eigenvalue weighted by molar-refractivity contribution is 6.31. The molecule has 1 aromatic rings. The van der Waals surface area contributed by atoms with E-state index < -0.39 is 0 Å². The van der Waals surface area contributed by atoms with Gasteiger partial charge in [0.1, 0.15) is 0 Å². The van der Waals surface area contributed by atoms with Gasteiger partial charge >= 0.3 is 0 Å². The van der Waals surface area contributed by atoms with Crippen molar-refractivity contribution in [3.05, 3.63) is 34.9 Å².